The lowest BCUT2D eigenvalue weighted by Gasteiger charge is -2.18. The molecule has 0 N–H and O–H groups in total. The lowest BCUT2D eigenvalue weighted by molar-refractivity contribution is -0.142. The molecule has 8 atom stereocenters. The van der Waals surface area contributed by atoms with Crippen LogP contribution in [-0.2, 0) is 41.7 Å². The highest BCUT2D eigenvalue weighted by molar-refractivity contribution is 6.06. The first-order chi connectivity index (χ1) is 15.5. The van der Waals surface area contributed by atoms with E-state index in [1.165, 1.54) is 9.80 Å². The zero-order valence-corrected chi connectivity index (χ0v) is 17.5. The second-order valence-electron chi connectivity index (χ2n) is 10.1. The molecule has 2 saturated carbocycles. The number of hydrogen-bond acceptors (Lipinski definition) is 6. The van der Waals surface area contributed by atoms with E-state index in [0.29, 0.717) is 25.7 Å². The molecule has 8 nitrogen and oxygen atoms in total. The van der Waals surface area contributed by atoms with Crippen molar-refractivity contribution in [1.82, 2.24) is 9.80 Å². The Hall–Kier alpha value is -2.58. The number of amides is 4. The van der Waals surface area contributed by atoms with E-state index in [1.807, 2.05) is 24.3 Å². The molecule has 4 aliphatic heterocycles. The average Bonchev–Trinajstić information content (AvgIpc) is 3.69. The number of fused-ring (bicyclic) bond motifs is 4. The predicted octanol–water partition coefficient (Wildman–Crippen LogP) is 1.01. The Morgan fingerprint density at radius 2 is 0.969 bits per heavy atom. The van der Waals surface area contributed by atoms with Crippen molar-refractivity contribution in [3.8, 4) is 0 Å². The van der Waals surface area contributed by atoms with Gasteiger partial charge in [-0.15, -0.1) is 0 Å². The lowest BCUT2D eigenvalue weighted by Crippen LogP contribution is -2.31. The third-order valence-electron chi connectivity index (χ3n) is 8.30. The molecule has 7 rings (SSSR count). The molecule has 4 heterocycles. The Kier molecular flexibility index (Phi) is 3.84. The number of benzene rings is 1. The van der Waals surface area contributed by atoms with Gasteiger partial charge in [-0.1, -0.05) is 24.3 Å². The summed E-state index contributed by atoms with van der Waals surface area (Å²) in [7, 11) is 0. The first kappa shape index (κ1) is 18.9. The molecule has 8 unspecified atom stereocenters. The molecular weight excluding hydrogens is 412 g/mol. The van der Waals surface area contributed by atoms with Gasteiger partial charge in [0.15, 0.2) is 0 Å². The average molecular weight is 436 g/mol. The fraction of sp³-hybridized carbons (Fsp3) is 0.583. The van der Waals surface area contributed by atoms with Crippen LogP contribution in [0.25, 0.3) is 0 Å². The third-order valence-corrected chi connectivity index (χ3v) is 8.30. The van der Waals surface area contributed by atoms with Crippen LogP contribution >= 0.6 is 0 Å². The molecule has 0 spiro atoms. The van der Waals surface area contributed by atoms with Crippen LogP contribution in [-0.4, -0.2) is 57.8 Å². The lowest BCUT2D eigenvalue weighted by atomic mass is 9.81. The van der Waals surface area contributed by atoms with Crippen LogP contribution in [0.15, 0.2) is 24.3 Å². The summed E-state index contributed by atoms with van der Waals surface area (Å²) in [5.74, 6) is -1.44. The predicted molar refractivity (Wildman–Crippen MR) is 107 cm³/mol. The number of likely N-dealkylation sites (tertiary alicyclic amines) is 2. The summed E-state index contributed by atoms with van der Waals surface area (Å²) in [6, 6.07) is 7.51. The van der Waals surface area contributed by atoms with Gasteiger partial charge in [0.25, 0.3) is 0 Å². The summed E-state index contributed by atoms with van der Waals surface area (Å²) in [6.07, 6.45) is 3.16. The minimum Gasteiger partial charge on any atom is -0.370 e. The van der Waals surface area contributed by atoms with Crippen molar-refractivity contribution in [2.75, 3.05) is 0 Å². The van der Waals surface area contributed by atoms with Crippen molar-refractivity contribution in [3.63, 3.8) is 0 Å². The molecule has 0 bridgehead atoms. The Morgan fingerprint density at radius 1 is 0.625 bits per heavy atom. The Morgan fingerprint density at radius 3 is 1.31 bits per heavy atom. The van der Waals surface area contributed by atoms with Gasteiger partial charge in [-0.3, -0.25) is 29.0 Å². The number of ether oxygens (including phenoxy) is 2. The maximum absolute atomic E-state index is 12.9. The van der Waals surface area contributed by atoms with Gasteiger partial charge in [-0.2, -0.15) is 0 Å². The summed E-state index contributed by atoms with van der Waals surface area (Å²) >= 11 is 0. The smallest absolute Gasteiger partial charge is 0.233 e. The van der Waals surface area contributed by atoms with Gasteiger partial charge in [-0.05, 0) is 36.8 Å². The summed E-state index contributed by atoms with van der Waals surface area (Å²) in [6.45, 7) is 0.449. The van der Waals surface area contributed by atoms with E-state index in [-0.39, 0.29) is 84.8 Å². The number of hydrogen-bond donors (Lipinski definition) is 0. The molecule has 6 aliphatic rings. The molecule has 0 radical (unpaired) electrons. The van der Waals surface area contributed by atoms with E-state index in [0.717, 1.165) is 11.1 Å². The van der Waals surface area contributed by atoms with Crippen molar-refractivity contribution in [2.45, 2.75) is 63.2 Å². The van der Waals surface area contributed by atoms with Gasteiger partial charge in [0, 0.05) is 0 Å². The molecular formula is C24H24N2O6. The van der Waals surface area contributed by atoms with Gasteiger partial charge in [0.05, 0.1) is 61.2 Å². The van der Waals surface area contributed by atoms with Crippen molar-refractivity contribution in [3.05, 3.63) is 35.4 Å². The zero-order valence-electron chi connectivity index (χ0n) is 17.5. The number of nitrogens with zero attached hydrogens (tertiary/aromatic N) is 2. The van der Waals surface area contributed by atoms with Gasteiger partial charge >= 0.3 is 0 Å². The zero-order chi connectivity index (χ0) is 21.7. The van der Waals surface area contributed by atoms with Crippen molar-refractivity contribution >= 4 is 23.6 Å². The minimum atomic E-state index is -0.257. The molecule has 8 heteroatoms. The molecule has 6 fully saturated rings. The highest BCUT2D eigenvalue weighted by Crippen LogP contribution is 2.48. The van der Waals surface area contributed by atoms with Crippen LogP contribution < -0.4 is 0 Å². The van der Waals surface area contributed by atoms with Crippen LogP contribution in [0, 0.1) is 23.7 Å². The maximum Gasteiger partial charge on any atom is 0.233 e. The van der Waals surface area contributed by atoms with E-state index < -0.39 is 0 Å². The SMILES string of the molecule is O=C1C2CC3OC3CC2C(=O)N1Cc1cccc(CN2C(=O)C3CC4OC4CC3C2=O)c1. The molecule has 4 amide bonds. The fourth-order valence-corrected chi connectivity index (χ4v) is 6.46. The highest BCUT2D eigenvalue weighted by Gasteiger charge is 2.59. The number of carbonyl (C=O) groups excluding carboxylic acids is 4. The van der Waals surface area contributed by atoms with Crippen molar-refractivity contribution in [2.24, 2.45) is 23.7 Å². The number of imide groups is 2. The summed E-state index contributed by atoms with van der Waals surface area (Å²) in [5.41, 5.74) is 1.66. The third kappa shape index (κ3) is 2.75. The molecule has 4 saturated heterocycles. The van der Waals surface area contributed by atoms with Crippen LogP contribution in [0.1, 0.15) is 36.8 Å². The van der Waals surface area contributed by atoms with Gasteiger partial charge < -0.3 is 9.47 Å². The molecule has 2 aliphatic carbocycles. The van der Waals surface area contributed by atoms with Crippen LogP contribution in [0.5, 0.6) is 0 Å². The largest absolute Gasteiger partial charge is 0.370 e. The number of rotatable bonds is 4. The summed E-state index contributed by atoms with van der Waals surface area (Å²) < 4.78 is 11.0. The monoisotopic (exact) mass is 436 g/mol. The Labute approximate surface area is 184 Å². The highest BCUT2D eigenvalue weighted by atomic mass is 16.6. The standard InChI is InChI=1S/C24H24N2O6/c27-21-13-5-17-18(31-17)6-14(13)22(28)25(21)9-11-2-1-3-12(4-11)10-26-23(29)15-7-19-20(32-19)8-16(15)24(26)30/h1-4,13-20H,5-10H2. The van der Waals surface area contributed by atoms with Crippen molar-refractivity contribution < 1.29 is 28.7 Å². The molecule has 1 aromatic carbocycles. The first-order valence-electron chi connectivity index (χ1n) is 11.6. The normalized spacial score (nSPS) is 41.4. The molecule has 0 aromatic heterocycles. The van der Waals surface area contributed by atoms with Gasteiger partial charge in [0.1, 0.15) is 0 Å². The Bertz CT molecular complexity index is 935. The van der Waals surface area contributed by atoms with E-state index in [9.17, 15) is 19.2 Å². The summed E-state index contributed by atoms with van der Waals surface area (Å²) in [5, 5.41) is 0. The van der Waals surface area contributed by atoms with Gasteiger partial charge in [-0.25, -0.2) is 0 Å². The van der Waals surface area contributed by atoms with Crippen LogP contribution in [0.4, 0.5) is 0 Å². The van der Waals surface area contributed by atoms with Crippen LogP contribution in [0.2, 0.25) is 0 Å². The van der Waals surface area contributed by atoms with E-state index in [1.54, 1.807) is 0 Å². The second kappa shape index (κ2) is 6.48. The first-order valence-corrected chi connectivity index (χ1v) is 11.6. The van der Waals surface area contributed by atoms with Crippen molar-refractivity contribution in [1.29, 1.82) is 0 Å². The Balaban J connectivity index is 1.07. The topological polar surface area (TPSA) is 99.8 Å². The molecule has 166 valence electrons. The number of epoxide rings is 2. The number of carbonyl (C=O) groups is 4. The quantitative estimate of drug-likeness (QED) is 0.516. The molecule has 32 heavy (non-hydrogen) atoms. The van der Waals surface area contributed by atoms with E-state index in [4.69, 9.17) is 9.47 Å². The maximum atomic E-state index is 12.9. The minimum absolute atomic E-state index is 0.103. The van der Waals surface area contributed by atoms with Crippen LogP contribution in [0.3, 0.4) is 0 Å². The van der Waals surface area contributed by atoms with E-state index in [2.05, 4.69) is 0 Å². The van der Waals surface area contributed by atoms with E-state index >= 15 is 0 Å². The summed E-state index contributed by atoms with van der Waals surface area (Å²) in [4.78, 5) is 54.3. The van der Waals surface area contributed by atoms with Gasteiger partial charge in [0.2, 0.25) is 23.6 Å². The molecule has 1 aromatic rings. The fourth-order valence-electron chi connectivity index (χ4n) is 6.46. The second-order valence-corrected chi connectivity index (χ2v) is 10.1.